The molecule has 0 aliphatic heterocycles. The van der Waals surface area contributed by atoms with Crippen molar-refractivity contribution in [1.29, 1.82) is 0 Å². The zero-order valence-corrected chi connectivity index (χ0v) is 11.8. The van der Waals surface area contributed by atoms with Crippen molar-refractivity contribution in [3.8, 4) is 0 Å². The molecule has 0 saturated carbocycles. The molecule has 1 aromatic rings. The minimum Gasteiger partial charge on any atom is -0.352 e. The third-order valence-electron chi connectivity index (χ3n) is 3.73. The standard InChI is InChI=1S/C16H24N2O/c1-17-10-4-7-16(19)18-12-13-8-9-14-5-2-3-6-15(14)11-13/h8-9,11,17H,2-7,10,12H2,1H3,(H,18,19). The van der Waals surface area contributed by atoms with E-state index in [1.54, 1.807) is 0 Å². The second-order valence-corrected chi connectivity index (χ2v) is 5.29. The van der Waals surface area contributed by atoms with Crippen molar-refractivity contribution in [2.75, 3.05) is 13.6 Å². The minimum atomic E-state index is 0.146. The van der Waals surface area contributed by atoms with Gasteiger partial charge < -0.3 is 10.6 Å². The lowest BCUT2D eigenvalue weighted by Crippen LogP contribution is -2.23. The molecule has 0 heterocycles. The van der Waals surface area contributed by atoms with E-state index in [9.17, 15) is 4.79 Å². The number of fused-ring (bicyclic) bond motifs is 1. The SMILES string of the molecule is CNCCCC(=O)NCc1ccc2c(c1)CCCC2. The Balaban J connectivity index is 1.81. The number of rotatable bonds is 6. The first kappa shape index (κ1) is 14.1. The van der Waals surface area contributed by atoms with E-state index in [1.807, 2.05) is 7.05 Å². The van der Waals surface area contributed by atoms with Crippen LogP contribution in [0.3, 0.4) is 0 Å². The number of hydrogen-bond donors (Lipinski definition) is 2. The van der Waals surface area contributed by atoms with Crippen LogP contribution in [0.1, 0.15) is 42.4 Å². The van der Waals surface area contributed by atoms with Crippen LogP contribution in [0.5, 0.6) is 0 Å². The molecule has 0 spiro atoms. The van der Waals surface area contributed by atoms with E-state index in [4.69, 9.17) is 0 Å². The van der Waals surface area contributed by atoms with Crippen molar-refractivity contribution in [2.24, 2.45) is 0 Å². The lowest BCUT2D eigenvalue weighted by Gasteiger charge is -2.16. The summed E-state index contributed by atoms with van der Waals surface area (Å²) in [6.45, 7) is 1.55. The van der Waals surface area contributed by atoms with Crippen molar-refractivity contribution in [3.63, 3.8) is 0 Å². The van der Waals surface area contributed by atoms with Crippen LogP contribution in [0.15, 0.2) is 18.2 Å². The molecule has 0 radical (unpaired) electrons. The Bertz CT molecular complexity index is 429. The lowest BCUT2D eigenvalue weighted by molar-refractivity contribution is -0.121. The van der Waals surface area contributed by atoms with Gasteiger partial charge in [0.2, 0.25) is 5.91 Å². The Morgan fingerprint density at radius 1 is 1.21 bits per heavy atom. The summed E-state index contributed by atoms with van der Waals surface area (Å²) in [5.41, 5.74) is 4.20. The zero-order chi connectivity index (χ0) is 13.5. The van der Waals surface area contributed by atoms with Crippen LogP contribution in [0.25, 0.3) is 0 Å². The summed E-state index contributed by atoms with van der Waals surface area (Å²) in [5, 5.41) is 6.05. The van der Waals surface area contributed by atoms with E-state index >= 15 is 0 Å². The fraction of sp³-hybridized carbons (Fsp3) is 0.562. The Hall–Kier alpha value is -1.35. The van der Waals surface area contributed by atoms with Crippen LogP contribution in [0, 0.1) is 0 Å². The highest BCUT2D eigenvalue weighted by Gasteiger charge is 2.09. The van der Waals surface area contributed by atoms with Crippen LogP contribution in [-0.4, -0.2) is 19.5 Å². The van der Waals surface area contributed by atoms with Crippen molar-refractivity contribution >= 4 is 5.91 Å². The highest BCUT2D eigenvalue weighted by molar-refractivity contribution is 5.75. The summed E-state index contributed by atoms with van der Waals surface area (Å²) in [6, 6.07) is 6.65. The van der Waals surface area contributed by atoms with Crippen LogP contribution in [0.2, 0.25) is 0 Å². The highest BCUT2D eigenvalue weighted by Crippen LogP contribution is 2.22. The van der Waals surface area contributed by atoms with Gasteiger partial charge in [0.15, 0.2) is 0 Å². The molecular weight excluding hydrogens is 236 g/mol. The van der Waals surface area contributed by atoms with E-state index in [0.717, 1.165) is 13.0 Å². The van der Waals surface area contributed by atoms with Crippen LogP contribution < -0.4 is 10.6 Å². The second kappa shape index (κ2) is 7.29. The Kier molecular flexibility index (Phi) is 5.40. The Labute approximate surface area is 115 Å². The first-order valence-corrected chi connectivity index (χ1v) is 7.31. The fourth-order valence-electron chi connectivity index (χ4n) is 2.61. The molecule has 19 heavy (non-hydrogen) atoms. The molecule has 0 fully saturated rings. The molecular formula is C16H24N2O. The maximum atomic E-state index is 11.6. The van der Waals surface area contributed by atoms with Gasteiger partial charge in [-0.3, -0.25) is 4.79 Å². The van der Waals surface area contributed by atoms with Gasteiger partial charge in [-0.25, -0.2) is 0 Å². The second-order valence-electron chi connectivity index (χ2n) is 5.29. The quantitative estimate of drug-likeness (QED) is 0.770. The predicted molar refractivity (Wildman–Crippen MR) is 78.1 cm³/mol. The summed E-state index contributed by atoms with van der Waals surface area (Å²) in [4.78, 5) is 11.6. The van der Waals surface area contributed by atoms with Crippen molar-refractivity contribution < 1.29 is 4.79 Å². The van der Waals surface area contributed by atoms with Gasteiger partial charge in [-0.2, -0.15) is 0 Å². The molecule has 0 saturated heterocycles. The summed E-state index contributed by atoms with van der Waals surface area (Å²) in [6.07, 6.45) is 6.52. The maximum Gasteiger partial charge on any atom is 0.220 e. The largest absolute Gasteiger partial charge is 0.352 e. The van der Waals surface area contributed by atoms with E-state index in [0.29, 0.717) is 13.0 Å². The molecule has 0 unspecified atom stereocenters. The summed E-state index contributed by atoms with van der Waals surface area (Å²) in [5.74, 6) is 0.146. The minimum absolute atomic E-state index is 0.146. The van der Waals surface area contributed by atoms with E-state index in [2.05, 4.69) is 28.8 Å². The van der Waals surface area contributed by atoms with Gasteiger partial charge in [-0.1, -0.05) is 18.2 Å². The van der Waals surface area contributed by atoms with E-state index < -0.39 is 0 Å². The normalized spacial score (nSPS) is 13.9. The third kappa shape index (κ3) is 4.35. The average molecular weight is 260 g/mol. The monoisotopic (exact) mass is 260 g/mol. The molecule has 2 N–H and O–H groups in total. The fourth-order valence-corrected chi connectivity index (χ4v) is 2.61. The van der Waals surface area contributed by atoms with Gasteiger partial charge in [0.05, 0.1) is 0 Å². The molecule has 104 valence electrons. The van der Waals surface area contributed by atoms with Gasteiger partial charge in [0.1, 0.15) is 0 Å². The molecule has 3 nitrogen and oxygen atoms in total. The third-order valence-corrected chi connectivity index (χ3v) is 3.73. The summed E-state index contributed by atoms with van der Waals surface area (Å²) >= 11 is 0. The number of aryl methyl sites for hydroxylation is 2. The number of amides is 1. The molecule has 1 aliphatic carbocycles. The van der Waals surface area contributed by atoms with Crippen molar-refractivity contribution in [2.45, 2.75) is 45.1 Å². The number of nitrogens with one attached hydrogen (secondary N) is 2. The molecule has 0 atom stereocenters. The molecule has 1 aliphatic rings. The van der Waals surface area contributed by atoms with Crippen LogP contribution >= 0.6 is 0 Å². The van der Waals surface area contributed by atoms with Gasteiger partial charge in [0.25, 0.3) is 0 Å². The zero-order valence-electron chi connectivity index (χ0n) is 11.8. The van der Waals surface area contributed by atoms with Gasteiger partial charge in [-0.05, 0) is 62.4 Å². The van der Waals surface area contributed by atoms with E-state index in [-0.39, 0.29) is 5.91 Å². The molecule has 1 amide bonds. The van der Waals surface area contributed by atoms with Gasteiger partial charge in [0, 0.05) is 13.0 Å². The van der Waals surface area contributed by atoms with Gasteiger partial charge >= 0.3 is 0 Å². The molecule has 1 aromatic carbocycles. The number of hydrogen-bond acceptors (Lipinski definition) is 2. The van der Waals surface area contributed by atoms with Crippen LogP contribution in [0.4, 0.5) is 0 Å². The number of benzene rings is 1. The maximum absolute atomic E-state index is 11.6. The summed E-state index contributed by atoms with van der Waals surface area (Å²) in [7, 11) is 1.91. The summed E-state index contributed by atoms with van der Waals surface area (Å²) < 4.78 is 0. The molecule has 2 rings (SSSR count). The first-order valence-electron chi connectivity index (χ1n) is 7.31. The van der Waals surface area contributed by atoms with E-state index in [1.165, 1.54) is 42.4 Å². The van der Waals surface area contributed by atoms with Crippen molar-refractivity contribution in [3.05, 3.63) is 34.9 Å². The first-order chi connectivity index (χ1) is 9.29. The predicted octanol–water partition coefficient (Wildman–Crippen LogP) is 2.18. The molecule has 0 aromatic heterocycles. The highest BCUT2D eigenvalue weighted by atomic mass is 16.1. The Morgan fingerprint density at radius 2 is 2.00 bits per heavy atom. The Morgan fingerprint density at radius 3 is 2.79 bits per heavy atom. The van der Waals surface area contributed by atoms with Gasteiger partial charge in [-0.15, -0.1) is 0 Å². The average Bonchev–Trinajstić information content (AvgIpc) is 2.45. The topological polar surface area (TPSA) is 41.1 Å². The lowest BCUT2D eigenvalue weighted by atomic mass is 9.90. The molecule has 0 bridgehead atoms. The smallest absolute Gasteiger partial charge is 0.220 e. The number of carbonyl (C=O) groups is 1. The van der Waals surface area contributed by atoms with Crippen LogP contribution in [-0.2, 0) is 24.2 Å². The van der Waals surface area contributed by atoms with Crippen molar-refractivity contribution in [1.82, 2.24) is 10.6 Å². The number of carbonyl (C=O) groups excluding carboxylic acids is 1. The molecule has 3 heteroatoms.